The standard InChI is InChI=1S/C25H24N2O5S/c1-30-25(29)22-17-11-12-27(13-16-7-3-2-4-8-16)14-21(17)33-24(22)26-23(28)20-15-31-18-9-5-6-10-19(18)32-20/h2-10,20H,11-15H2,1H3,(H,26,28)/t20-/m1/s1. The minimum Gasteiger partial charge on any atom is -0.485 e. The number of rotatable bonds is 5. The van der Waals surface area contributed by atoms with Gasteiger partial charge in [0.2, 0.25) is 6.10 Å². The number of nitrogens with one attached hydrogen (secondary N) is 1. The molecule has 0 spiro atoms. The molecule has 0 unspecified atom stereocenters. The van der Waals surface area contributed by atoms with Gasteiger partial charge in [0.1, 0.15) is 11.6 Å². The summed E-state index contributed by atoms with van der Waals surface area (Å²) in [6, 6.07) is 17.5. The van der Waals surface area contributed by atoms with Gasteiger partial charge in [-0.25, -0.2) is 4.79 Å². The molecule has 0 fully saturated rings. The van der Waals surface area contributed by atoms with E-state index in [0.29, 0.717) is 28.6 Å². The average molecular weight is 465 g/mol. The third-order valence-corrected chi connectivity index (χ3v) is 6.94. The molecule has 3 heterocycles. The number of esters is 1. The number of hydrogen-bond donors (Lipinski definition) is 1. The largest absolute Gasteiger partial charge is 0.485 e. The van der Waals surface area contributed by atoms with Crippen LogP contribution in [0.25, 0.3) is 0 Å². The maximum absolute atomic E-state index is 13.0. The van der Waals surface area contributed by atoms with Gasteiger partial charge >= 0.3 is 5.97 Å². The maximum Gasteiger partial charge on any atom is 0.341 e. The summed E-state index contributed by atoms with van der Waals surface area (Å²) in [4.78, 5) is 29.0. The van der Waals surface area contributed by atoms with Crippen molar-refractivity contribution in [2.45, 2.75) is 25.6 Å². The Balaban J connectivity index is 1.35. The van der Waals surface area contributed by atoms with Gasteiger partial charge in [0.15, 0.2) is 11.5 Å². The molecule has 5 rings (SSSR count). The lowest BCUT2D eigenvalue weighted by molar-refractivity contribution is -0.125. The van der Waals surface area contributed by atoms with Crippen molar-refractivity contribution >= 4 is 28.2 Å². The zero-order chi connectivity index (χ0) is 22.8. The number of para-hydroxylation sites is 2. The van der Waals surface area contributed by atoms with Crippen LogP contribution in [0.15, 0.2) is 54.6 Å². The van der Waals surface area contributed by atoms with Gasteiger partial charge in [-0.2, -0.15) is 0 Å². The molecule has 0 saturated carbocycles. The number of benzene rings is 2. The number of thiophene rings is 1. The molecule has 0 radical (unpaired) electrons. The van der Waals surface area contributed by atoms with Gasteiger partial charge in [-0.15, -0.1) is 11.3 Å². The van der Waals surface area contributed by atoms with Crippen LogP contribution in [0.3, 0.4) is 0 Å². The number of ether oxygens (including phenoxy) is 3. The van der Waals surface area contributed by atoms with E-state index < -0.39 is 12.1 Å². The summed E-state index contributed by atoms with van der Waals surface area (Å²) in [5, 5.41) is 3.40. The fraction of sp³-hybridized carbons (Fsp3) is 0.280. The van der Waals surface area contributed by atoms with Crippen LogP contribution >= 0.6 is 11.3 Å². The minimum atomic E-state index is -0.806. The van der Waals surface area contributed by atoms with Crippen molar-refractivity contribution in [3.8, 4) is 11.5 Å². The predicted molar refractivity (Wildman–Crippen MR) is 125 cm³/mol. The highest BCUT2D eigenvalue weighted by Gasteiger charge is 2.32. The van der Waals surface area contributed by atoms with Gasteiger partial charge in [0, 0.05) is 24.5 Å². The Morgan fingerprint density at radius 3 is 2.67 bits per heavy atom. The van der Waals surface area contributed by atoms with Crippen molar-refractivity contribution in [3.63, 3.8) is 0 Å². The fourth-order valence-corrected chi connectivity index (χ4v) is 5.46. The van der Waals surface area contributed by atoms with Crippen molar-refractivity contribution in [2.75, 3.05) is 25.6 Å². The highest BCUT2D eigenvalue weighted by atomic mass is 32.1. The Labute approximate surface area is 195 Å². The number of hydrogen-bond acceptors (Lipinski definition) is 7. The Hall–Kier alpha value is -3.36. The van der Waals surface area contributed by atoms with E-state index in [9.17, 15) is 9.59 Å². The first-order valence-corrected chi connectivity index (χ1v) is 11.6. The zero-order valence-electron chi connectivity index (χ0n) is 18.2. The quantitative estimate of drug-likeness (QED) is 0.578. The number of carbonyl (C=O) groups is 2. The Morgan fingerprint density at radius 2 is 1.88 bits per heavy atom. The summed E-state index contributed by atoms with van der Waals surface area (Å²) in [6.45, 7) is 2.48. The molecule has 0 aliphatic carbocycles. The lowest BCUT2D eigenvalue weighted by Crippen LogP contribution is -2.40. The number of nitrogens with zero attached hydrogens (tertiary/aromatic N) is 1. The van der Waals surface area contributed by atoms with Crippen molar-refractivity contribution < 1.29 is 23.8 Å². The summed E-state index contributed by atoms with van der Waals surface area (Å²) >= 11 is 1.43. The first-order valence-electron chi connectivity index (χ1n) is 10.8. The van der Waals surface area contributed by atoms with E-state index in [2.05, 4.69) is 22.3 Å². The molecule has 2 aliphatic heterocycles. The van der Waals surface area contributed by atoms with Crippen LogP contribution in [0.4, 0.5) is 5.00 Å². The van der Waals surface area contributed by atoms with Crippen LogP contribution in [-0.4, -0.2) is 43.1 Å². The molecule has 8 heteroatoms. The SMILES string of the molecule is COC(=O)c1c(NC(=O)[C@H]2COc3ccccc3O2)sc2c1CCN(Cc1ccccc1)C2. The molecule has 3 aromatic rings. The number of methoxy groups -OCH3 is 1. The summed E-state index contributed by atoms with van der Waals surface area (Å²) in [7, 11) is 1.36. The first kappa shape index (κ1) is 21.5. The van der Waals surface area contributed by atoms with E-state index in [1.807, 2.05) is 30.3 Å². The Bertz CT molecular complexity index is 1180. The molecule has 1 aromatic heterocycles. The van der Waals surface area contributed by atoms with E-state index in [4.69, 9.17) is 14.2 Å². The molecular weight excluding hydrogens is 440 g/mol. The Morgan fingerprint density at radius 1 is 1.12 bits per heavy atom. The zero-order valence-corrected chi connectivity index (χ0v) is 19.0. The molecule has 170 valence electrons. The summed E-state index contributed by atoms with van der Waals surface area (Å²) in [6.07, 6.45) is -0.0887. The van der Waals surface area contributed by atoms with E-state index in [1.54, 1.807) is 12.1 Å². The molecule has 2 aromatic carbocycles. The summed E-state index contributed by atoms with van der Waals surface area (Å²) in [5.41, 5.74) is 2.65. The molecule has 0 bridgehead atoms. The van der Waals surface area contributed by atoms with Crippen LogP contribution in [0.2, 0.25) is 0 Å². The lowest BCUT2D eigenvalue weighted by atomic mass is 10.0. The predicted octanol–water partition coefficient (Wildman–Crippen LogP) is 3.87. The second-order valence-corrected chi connectivity index (χ2v) is 9.10. The average Bonchev–Trinajstić information content (AvgIpc) is 3.20. The van der Waals surface area contributed by atoms with E-state index in [0.717, 1.165) is 30.0 Å². The van der Waals surface area contributed by atoms with Crippen LogP contribution in [0, 0.1) is 0 Å². The Kier molecular flexibility index (Phi) is 6.02. The smallest absolute Gasteiger partial charge is 0.341 e. The highest BCUT2D eigenvalue weighted by Crippen LogP contribution is 2.38. The summed E-state index contributed by atoms with van der Waals surface area (Å²) in [5.74, 6) is 0.348. The first-order chi connectivity index (χ1) is 16.1. The third-order valence-electron chi connectivity index (χ3n) is 5.81. The monoisotopic (exact) mass is 464 g/mol. The molecule has 7 nitrogen and oxygen atoms in total. The molecule has 1 atom stereocenters. The van der Waals surface area contributed by atoms with E-state index in [1.165, 1.54) is 24.0 Å². The molecular formula is C25H24N2O5S. The molecule has 1 amide bonds. The second-order valence-electron chi connectivity index (χ2n) is 8.00. The third kappa shape index (κ3) is 4.44. The number of carbonyl (C=O) groups excluding carboxylic acids is 2. The van der Waals surface area contributed by atoms with Gasteiger partial charge < -0.3 is 19.5 Å². The van der Waals surface area contributed by atoms with Crippen LogP contribution in [-0.2, 0) is 29.0 Å². The topological polar surface area (TPSA) is 77.1 Å². The number of amides is 1. The molecule has 1 N–H and O–H groups in total. The lowest BCUT2D eigenvalue weighted by Gasteiger charge is -2.27. The second kappa shape index (κ2) is 9.25. The summed E-state index contributed by atoms with van der Waals surface area (Å²) < 4.78 is 16.5. The van der Waals surface area contributed by atoms with Gasteiger partial charge in [-0.1, -0.05) is 42.5 Å². The van der Waals surface area contributed by atoms with E-state index >= 15 is 0 Å². The van der Waals surface area contributed by atoms with Crippen LogP contribution in [0.5, 0.6) is 11.5 Å². The van der Waals surface area contributed by atoms with Crippen molar-refractivity contribution in [1.82, 2.24) is 4.90 Å². The molecule has 33 heavy (non-hydrogen) atoms. The van der Waals surface area contributed by atoms with Gasteiger partial charge in [-0.05, 0) is 29.7 Å². The van der Waals surface area contributed by atoms with Crippen LogP contribution < -0.4 is 14.8 Å². The maximum atomic E-state index is 13.0. The fourth-order valence-electron chi connectivity index (χ4n) is 4.18. The minimum absolute atomic E-state index is 0.104. The van der Waals surface area contributed by atoms with Crippen molar-refractivity contribution in [2.24, 2.45) is 0 Å². The van der Waals surface area contributed by atoms with Crippen molar-refractivity contribution in [3.05, 3.63) is 76.2 Å². The number of fused-ring (bicyclic) bond motifs is 2. The molecule has 0 saturated heterocycles. The molecule has 2 aliphatic rings. The van der Waals surface area contributed by atoms with Gasteiger partial charge in [-0.3, -0.25) is 9.69 Å². The van der Waals surface area contributed by atoms with Crippen LogP contribution in [0.1, 0.15) is 26.4 Å². The van der Waals surface area contributed by atoms with Gasteiger partial charge in [0.25, 0.3) is 5.91 Å². The van der Waals surface area contributed by atoms with Crippen molar-refractivity contribution in [1.29, 1.82) is 0 Å². The van der Waals surface area contributed by atoms with E-state index in [-0.39, 0.29) is 12.5 Å². The highest BCUT2D eigenvalue weighted by molar-refractivity contribution is 7.17. The van der Waals surface area contributed by atoms with Gasteiger partial charge in [0.05, 0.1) is 12.7 Å². The number of anilines is 1. The normalized spacial score (nSPS) is 17.2.